The van der Waals surface area contributed by atoms with Gasteiger partial charge in [-0.05, 0) is 37.1 Å². The molecule has 0 radical (unpaired) electrons. The summed E-state index contributed by atoms with van der Waals surface area (Å²) in [5.74, 6) is 0.482. The van der Waals surface area contributed by atoms with Gasteiger partial charge in [0.2, 0.25) is 5.91 Å². The summed E-state index contributed by atoms with van der Waals surface area (Å²) < 4.78 is 0. The highest BCUT2D eigenvalue weighted by Gasteiger charge is 2.41. The SMILES string of the molecule is CN1C[C@@H](C(=O)Nc2nccs2)CC2c3cccc4[nH]cc(c34)C[C@H]21. The van der Waals surface area contributed by atoms with Crippen LogP contribution in [0, 0.1) is 5.92 Å². The lowest BCUT2D eigenvalue weighted by Gasteiger charge is -2.45. The number of nitrogens with one attached hydrogen (secondary N) is 2. The van der Waals surface area contributed by atoms with Crippen LogP contribution in [-0.4, -0.2) is 40.4 Å². The number of likely N-dealkylation sites (tertiary alicyclic amines) is 1. The fourth-order valence-corrected chi connectivity index (χ4v) is 5.16. The molecule has 5 nitrogen and oxygen atoms in total. The van der Waals surface area contributed by atoms with Gasteiger partial charge in [-0.3, -0.25) is 4.79 Å². The Bertz CT molecular complexity index is 932. The van der Waals surface area contributed by atoms with Gasteiger partial charge in [-0.15, -0.1) is 11.3 Å². The largest absolute Gasteiger partial charge is 0.361 e. The first-order valence-corrected chi connectivity index (χ1v) is 9.58. The fourth-order valence-electron chi connectivity index (χ4n) is 4.62. The Morgan fingerprint density at radius 1 is 1.44 bits per heavy atom. The number of likely N-dealkylation sites (N-methyl/N-ethyl adjacent to an activating group) is 1. The summed E-state index contributed by atoms with van der Waals surface area (Å²) in [4.78, 5) is 22.7. The van der Waals surface area contributed by atoms with Crippen molar-refractivity contribution < 1.29 is 4.79 Å². The number of H-pyrrole nitrogens is 1. The molecule has 1 aliphatic heterocycles. The van der Waals surface area contributed by atoms with Crippen LogP contribution in [0.25, 0.3) is 10.9 Å². The molecule has 3 heterocycles. The van der Waals surface area contributed by atoms with E-state index < -0.39 is 0 Å². The lowest BCUT2D eigenvalue weighted by atomic mass is 9.72. The highest BCUT2D eigenvalue weighted by atomic mass is 32.1. The average Bonchev–Trinajstić information content (AvgIpc) is 3.27. The number of fused-ring (bicyclic) bond motifs is 2. The Balaban J connectivity index is 1.47. The molecule has 1 fully saturated rings. The van der Waals surface area contributed by atoms with Crippen molar-refractivity contribution in [3.63, 3.8) is 0 Å². The smallest absolute Gasteiger partial charge is 0.230 e. The van der Waals surface area contributed by atoms with Gasteiger partial charge >= 0.3 is 0 Å². The van der Waals surface area contributed by atoms with Gasteiger partial charge in [0.05, 0.1) is 5.92 Å². The molecule has 0 saturated carbocycles. The molecule has 0 bridgehead atoms. The van der Waals surface area contributed by atoms with E-state index in [2.05, 4.69) is 51.6 Å². The highest BCUT2D eigenvalue weighted by molar-refractivity contribution is 7.13. The van der Waals surface area contributed by atoms with Crippen LogP contribution in [0.15, 0.2) is 36.0 Å². The van der Waals surface area contributed by atoms with Gasteiger partial charge in [0, 0.05) is 47.2 Å². The minimum atomic E-state index is -0.00843. The van der Waals surface area contributed by atoms with E-state index in [-0.39, 0.29) is 11.8 Å². The summed E-state index contributed by atoms with van der Waals surface area (Å²) >= 11 is 1.47. The van der Waals surface area contributed by atoms with E-state index in [0.717, 1.165) is 19.4 Å². The predicted molar refractivity (Wildman–Crippen MR) is 100 cm³/mol. The molecule has 1 aliphatic carbocycles. The van der Waals surface area contributed by atoms with Crippen molar-refractivity contribution in [1.82, 2.24) is 14.9 Å². The molecule has 6 heteroatoms. The minimum Gasteiger partial charge on any atom is -0.361 e. The first kappa shape index (κ1) is 15.1. The Morgan fingerprint density at radius 2 is 2.36 bits per heavy atom. The summed E-state index contributed by atoms with van der Waals surface area (Å²) in [5.41, 5.74) is 4.01. The van der Waals surface area contributed by atoms with Crippen LogP contribution in [0.1, 0.15) is 23.5 Å². The number of amides is 1. The number of carbonyl (C=O) groups excluding carboxylic acids is 1. The number of rotatable bonds is 2. The molecule has 128 valence electrons. The third kappa shape index (κ3) is 2.40. The Labute approximate surface area is 150 Å². The molecule has 1 aromatic carbocycles. The van der Waals surface area contributed by atoms with Crippen molar-refractivity contribution in [3.05, 3.63) is 47.1 Å². The standard InChI is InChI=1S/C19H20N4OS/c1-23-10-12(18(24)22-19-20-5-6-25-19)7-14-13-3-2-4-15-17(13)11(9-21-15)8-16(14)23/h2-6,9,12,14,16,21H,7-8,10H2,1H3,(H,20,22,24)/t12-,14?,16+/m0/s1. The molecule has 3 aromatic rings. The van der Waals surface area contributed by atoms with E-state index >= 15 is 0 Å². The second-order valence-electron chi connectivity index (χ2n) is 7.16. The van der Waals surface area contributed by atoms with Crippen molar-refractivity contribution in [3.8, 4) is 0 Å². The summed E-state index contributed by atoms with van der Waals surface area (Å²) in [7, 11) is 2.15. The number of aromatic amines is 1. The number of hydrogen-bond acceptors (Lipinski definition) is 4. The Hall–Kier alpha value is -2.18. The van der Waals surface area contributed by atoms with E-state index in [1.54, 1.807) is 6.20 Å². The second-order valence-corrected chi connectivity index (χ2v) is 8.05. The molecule has 2 aliphatic rings. The summed E-state index contributed by atoms with van der Waals surface area (Å²) in [6.07, 6.45) is 5.83. The number of nitrogens with zero attached hydrogens (tertiary/aromatic N) is 2. The van der Waals surface area contributed by atoms with Gasteiger partial charge in [0.15, 0.2) is 5.13 Å². The van der Waals surface area contributed by atoms with Crippen molar-refractivity contribution in [2.24, 2.45) is 5.92 Å². The molecule has 1 amide bonds. The molecule has 0 spiro atoms. The van der Waals surface area contributed by atoms with Crippen LogP contribution >= 0.6 is 11.3 Å². The minimum absolute atomic E-state index is 0.00843. The number of thiazole rings is 1. The number of benzene rings is 1. The van der Waals surface area contributed by atoms with Crippen LogP contribution in [0.3, 0.4) is 0 Å². The van der Waals surface area contributed by atoms with Crippen molar-refractivity contribution in [2.45, 2.75) is 24.8 Å². The first-order chi connectivity index (χ1) is 12.2. The molecular weight excluding hydrogens is 332 g/mol. The van der Waals surface area contributed by atoms with Crippen LogP contribution in [0.2, 0.25) is 0 Å². The number of anilines is 1. The lowest BCUT2D eigenvalue weighted by molar-refractivity contribution is -0.122. The third-order valence-electron chi connectivity index (χ3n) is 5.76. The topological polar surface area (TPSA) is 61.0 Å². The van der Waals surface area contributed by atoms with Gasteiger partial charge in [-0.1, -0.05) is 12.1 Å². The number of aromatic nitrogens is 2. The highest BCUT2D eigenvalue weighted by Crippen LogP contribution is 2.44. The lowest BCUT2D eigenvalue weighted by Crippen LogP contribution is -2.50. The molecule has 3 atom stereocenters. The average molecular weight is 352 g/mol. The zero-order valence-corrected chi connectivity index (χ0v) is 14.8. The summed E-state index contributed by atoms with van der Waals surface area (Å²) in [6.45, 7) is 0.800. The number of piperidine rings is 1. The Morgan fingerprint density at radius 3 is 3.20 bits per heavy atom. The molecule has 2 aromatic heterocycles. The second kappa shape index (κ2) is 5.68. The van der Waals surface area contributed by atoms with E-state index in [1.807, 2.05) is 5.38 Å². The zero-order chi connectivity index (χ0) is 17.0. The molecule has 5 rings (SSSR count). The predicted octanol–water partition coefficient (Wildman–Crippen LogP) is 3.22. The Kier molecular flexibility index (Phi) is 3.43. The maximum atomic E-state index is 12.7. The van der Waals surface area contributed by atoms with Crippen LogP contribution in [0.4, 0.5) is 5.13 Å². The monoisotopic (exact) mass is 352 g/mol. The molecule has 2 N–H and O–H groups in total. The van der Waals surface area contributed by atoms with E-state index in [9.17, 15) is 4.79 Å². The van der Waals surface area contributed by atoms with Gasteiger partial charge < -0.3 is 15.2 Å². The van der Waals surface area contributed by atoms with Gasteiger partial charge in [-0.25, -0.2) is 4.98 Å². The van der Waals surface area contributed by atoms with Crippen molar-refractivity contribution in [2.75, 3.05) is 18.9 Å². The van der Waals surface area contributed by atoms with E-state index in [0.29, 0.717) is 17.1 Å². The molecule has 25 heavy (non-hydrogen) atoms. The number of hydrogen-bond donors (Lipinski definition) is 2. The fraction of sp³-hybridized carbons (Fsp3) is 0.368. The quantitative estimate of drug-likeness (QED) is 0.744. The van der Waals surface area contributed by atoms with Gasteiger partial charge in [0.25, 0.3) is 0 Å². The van der Waals surface area contributed by atoms with E-state index in [4.69, 9.17) is 0 Å². The molecule has 1 saturated heterocycles. The van der Waals surface area contributed by atoms with Crippen LogP contribution in [-0.2, 0) is 11.2 Å². The van der Waals surface area contributed by atoms with Gasteiger partial charge in [-0.2, -0.15) is 0 Å². The van der Waals surface area contributed by atoms with Crippen molar-refractivity contribution >= 4 is 33.3 Å². The van der Waals surface area contributed by atoms with E-state index in [1.165, 1.54) is 33.4 Å². The van der Waals surface area contributed by atoms with Gasteiger partial charge in [0.1, 0.15) is 0 Å². The van der Waals surface area contributed by atoms with Crippen molar-refractivity contribution in [1.29, 1.82) is 0 Å². The van der Waals surface area contributed by atoms with Crippen LogP contribution < -0.4 is 5.32 Å². The summed E-state index contributed by atoms with van der Waals surface area (Å²) in [6, 6.07) is 6.98. The van der Waals surface area contributed by atoms with Crippen LogP contribution in [0.5, 0.6) is 0 Å². The maximum Gasteiger partial charge on any atom is 0.230 e. The first-order valence-electron chi connectivity index (χ1n) is 8.70. The molecule has 1 unspecified atom stereocenters. The molecular formula is C19H20N4OS. The third-order valence-corrected chi connectivity index (χ3v) is 6.45. The zero-order valence-electron chi connectivity index (χ0n) is 14.0. The normalized spacial score (nSPS) is 25.7. The number of carbonyl (C=O) groups is 1. The maximum absolute atomic E-state index is 12.7. The summed E-state index contributed by atoms with van der Waals surface area (Å²) in [5, 5.41) is 6.93.